The molecule has 1 aliphatic heterocycles. The number of alkyl halides is 1. The summed E-state index contributed by atoms with van der Waals surface area (Å²) in [6.45, 7) is 1.65. The van der Waals surface area contributed by atoms with Crippen molar-refractivity contribution in [2.45, 2.75) is 25.7 Å². The lowest BCUT2D eigenvalue weighted by Crippen LogP contribution is -2.27. The fourth-order valence-electron chi connectivity index (χ4n) is 2.28. The zero-order valence-corrected chi connectivity index (χ0v) is 12.2. The zero-order chi connectivity index (χ0) is 14.4. The maximum atomic E-state index is 12.3. The predicted molar refractivity (Wildman–Crippen MR) is 80.2 cm³/mol. The molecule has 0 atom stereocenters. The monoisotopic (exact) mass is 294 g/mol. The normalized spacial score (nSPS) is 14.3. The van der Waals surface area contributed by atoms with Crippen molar-refractivity contribution in [2.75, 3.05) is 24.3 Å². The van der Waals surface area contributed by atoms with Gasteiger partial charge in [-0.1, -0.05) is 6.07 Å². The third-order valence-corrected chi connectivity index (χ3v) is 3.59. The second-order valence-corrected chi connectivity index (χ2v) is 5.30. The van der Waals surface area contributed by atoms with E-state index >= 15 is 0 Å². The predicted octanol–water partition coefficient (Wildman–Crippen LogP) is 2.88. The largest absolute Gasteiger partial charge is 0.339 e. The van der Waals surface area contributed by atoms with E-state index in [1.807, 2.05) is 4.90 Å². The number of halogens is 1. The second kappa shape index (κ2) is 7.29. The number of anilines is 1. The van der Waals surface area contributed by atoms with E-state index in [1.165, 1.54) is 0 Å². The van der Waals surface area contributed by atoms with E-state index < -0.39 is 0 Å². The summed E-state index contributed by atoms with van der Waals surface area (Å²) in [7, 11) is 0. The third-order valence-electron chi connectivity index (χ3n) is 3.32. The van der Waals surface area contributed by atoms with Gasteiger partial charge in [-0.15, -0.1) is 11.6 Å². The molecule has 0 unspecified atom stereocenters. The van der Waals surface area contributed by atoms with E-state index in [0.29, 0.717) is 30.0 Å². The van der Waals surface area contributed by atoms with Gasteiger partial charge < -0.3 is 10.2 Å². The SMILES string of the molecule is O=C(CCCCl)Nc1cccc(C(=O)N2CCCC2)c1. The number of amides is 2. The number of likely N-dealkylation sites (tertiary alicyclic amines) is 1. The average Bonchev–Trinajstić information content (AvgIpc) is 2.98. The van der Waals surface area contributed by atoms with Gasteiger partial charge in [0.1, 0.15) is 0 Å². The summed E-state index contributed by atoms with van der Waals surface area (Å²) in [4.78, 5) is 25.8. The summed E-state index contributed by atoms with van der Waals surface area (Å²) in [5.41, 5.74) is 1.29. The van der Waals surface area contributed by atoms with Gasteiger partial charge >= 0.3 is 0 Å². The molecule has 1 aliphatic rings. The van der Waals surface area contributed by atoms with Gasteiger partial charge in [0.05, 0.1) is 0 Å². The van der Waals surface area contributed by atoms with Crippen LogP contribution < -0.4 is 5.32 Å². The highest BCUT2D eigenvalue weighted by atomic mass is 35.5. The molecule has 1 heterocycles. The lowest BCUT2D eigenvalue weighted by atomic mass is 10.1. The molecular weight excluding hydrogens is 276 g/mol. The number of hydrogen-bond donors (Lipinski definition) is 1. The van der Waals surface area contributed by atoms with Crippen LogP contribution in [0.1, 0.15) is 36.0 Å². The molecule has 1 fully saturated rings. The quantitative estimate of drug-likeness (QED) is 0.849. The Hall–Kier alpha value is -1.55. The molecule has 0 spiro atoms. The highest BCUT2D eigenvalue weighted by Crippen LogP contribution is 2.16. The van der Waals surface area contributed by atoms with Crippen LogP contribution in [-0.2, 0) is 4.79 Å². The summed E-state index contributed by atoms with van der Waals surface area (Å²) in [5, 5.41) is 2.79. The van der Waals surface area contributed by atoms with Gasteiger partial charge in [0.15, 0.2) is 0 Å². The van der Waals surface area contributed by atoms with Crippen LogP contribution in [0.5, 0.6) is 0 Å². The van der Waals surface area contributed by atoms with Gasteiger partial charge in [0, 0.05) is 36.6 Å². The summed E-state index contributed by atoms with van der Waals surface area (Å²) in [6, 6.07) is 7.11. The second-order valence-electron chi connectivity index (χ2n) is 4.92. The standard InChI is InChI=1S/C15H19ClN2O2/c16-8-4-7-14(19)17-13-6-3-5-12(11-13)15(20)18-9-1-2-10-18/h3,5-6,11H,1-2,4,7-10H2,(H,17,19). The minimum atomic E-state index is -0.0728. The Morgan fingerprint density at radius 2 is 2.00 bits per heavy atom. The first-order chi connectivity index (χ1) is 9.70. The first-order valence-electron chi connectivity index (χ1n) is 6.96. The number of benzene rings is 1. The molecule has 1 aromatic rings. The van der Waals surface area contributed by atoms with Crippen LogP contribution in [0.25, 0.3) is 0 Å². The van der Waals surface area contributed by atoms with Crippen molar-refractivity contribution in [3.05, 3.63) is 29.8 Å². The Morgan fingerprint density at radius 3 is 2.70 bits per heavy atom. The van der Waals surface area contributed by atoms with Gasteiger partial charge in [-0.2, -0.15) is 0 Å². The molecule has 0 bridgehead atoms. The molecule has 2 amide bonds. The van der Waals surface area contributed by atoms with Crippen molar-refractivity contribution < 1.29 is 9.59 Å². The van der Waals surface area contributed by atoms with Crippen LogP contribution in [0, 0.1) is 0 Å². The fourth-order valence-corrected chi connectivity index (χ4v) is 2.42. The minimum absolute atomic E-state index is 0.0411. The van der Waals surface area contributed by atoms with Crippen LogP contribution in [0.15, 0.2) is 24.3 Å². The number of hydrogen-bond acceptors (Lipinski definition) is 2. The Bertz CT molecular complexity index is 485. The topological polar surface area (TPSA) is 49.4 Å². The summed E-state index contributed by atoms with van der Waals surface area (Å²) >= 11 is 5.56. The number of nitrogens with zero attached hydrogens (tertiary/aromatic N) is 1. The fraction of sp³-hybridized carbons (Fsp3) is 0.467. The minimum Gasteiger partial charge on any atom is -0.339 e. The first-order valence-corrected chi connectivity index (χ1v) is 7.49. The Balaban J connectivity index is 2.00. The molecule has 0 saturated carbocycles. The van der Waals surface area contributed by atoms with Crippen LogP contribution in [-0.4, -0.2) is 35.7 Å². The molecule has 0 aliphatic carbocycles. The van der Waals surface area contributed by atoms with Gasteiger partial charge in [-0.25, -0.2) is 0 Å². The molecule has 5 heteroatoms. The maximum Gasteiger partial charge on any atom is 0.253 e. The molecule has 108 valence electrons. The molecule has 1 saturated heterocycles. The van der Waals surface area contributed by atoms with E-state index in [-0.39, 0.29) is 11.8 Å². The molecule has 0 aromatic heterocycles. The Kier molecular flexibility index (Phi) is 5.41. The molecule has 1 aromatic carbocycles. The van der Waals surface area contributed by atoms with Gasteiger partial charge in [0.2, 0.25) is 5.91 Å². The molecule has 1 N–H and O–H groups in total. The summed E-state index contributed by atoms with van der Waals surface area (Å²) < 4.78 is 0. The summed E-state index contributed by atoms with van der Waals surface area (Å²) in [6.07, 6.45) is 3.19. The van der Waals surface area contributed by atoms with Gasteiger partial charge in [0.25, 0.3) is 5.91 Å². The van der Waals surface area contributed by atoms with Gasteiger partial charge in [-0.05, 0) is 37.5 Å². The number of nitrogens with one attached hydrogen (secondary N) is 1. The van der Waals surface area contributed by atoms with E-state index in [4.69, 9.17) is 11.6 Å². The van der Waals surface area contributed by atoms with Crippen molar-refractivity contribution >= 4 is 29.1 Å². The van der Waals surface area contributed by atoms with Crippen molar-refractivity contribution in [3.63, 3.8) is 0 Å². The Labute approximate surface area is 124 Å². The van der Waals surface area contributed by atoms with Crippen LogP contribution in [0.4, 0.5) is 5.69 Å². The molecule has 4 nitrogen and oxygen atoms in total. The van der Waals surface area contributed by atoms with Crippen LogP contribution >= 0.6 is 11.6 Å². The number of carbonyl (C=O) groups is 2. The van der Waals surface area contributed by atoms with Gasteiger partial charge in [-0.3, -0.25) is 9.59 Å². The van der Waals surface area contributed by atoms with E-state index in [9.17, 15) is 9.59 Å². The zero-order valence-electron chi connectivity index (χ0n) is 11.4. The third kappa shape index (κ3) is 3.97. The lowest BCUT2D eigenvalue weighted by Gasteiger charge is -2.15. The highest BCUT2D eigenvalue weighted by Gasteiger charge is 2.19. The maximum absolute atomic E-state index is 12.3. The number of carbonyl (C=O) groups excluding carboxylic acids is 2. The van der Waals surface area contributed by atoms with Crippen LogP contribution in [0.3, 0.4) is 0 Å². The van der Waals surface area contributed by atoms with E-state index in [0.717, 1.165) is 25.9 Å². The first kappa shape index (κ1) is 14.9. The molecule has 2 rings (SSSR count). The Morgan fingerprint density at radius 1 is 1.25 bits per heavy atom. The molecule has 0 radical (unpaired) electrons. The summed E-state index contributed by atoms with van der Waals surface area (Å²) in [5.74, 6) is 0.441. The lowest BCUT2D eigenvalue weighted by molar-refractivity contribution is -0.116. The molecule has 20 heavy (non-hydrogen) atoms. The van der Waals surface area contributed by atoms with Crippen molar-refractivity contribution in [2.24, 2.45) is 0 Å². The van der Waals surface area contributed by atoms with Crippen molar-refractivity contribution in [3.8, 4) is 0 Å². The van der Waals surface area contributed by atoms with E-state index in [2.05, 4.69) is 5.32 Å². The van der Waals surface area contributed by atoms with E-state index in [1.54, 1.807) is 24.3 Å². The molecular formula is C15H19ClN2O2. The number of rotatable bonds is 5. The van der Waals surface area contributed by atoms with Crippen molar-refractivity contribution in [1.82, 2.24) is 4.90 Å². The smallest absolute Gasteiger partial charge is 0.253 e. The van der Waals surface area contributed by atoms with Crippen LogP contribution in [0.2, 0.25) is 0 Å². The average molecular weight is 295 g/mol. The highest BCUT2D eigenvalue weighted by molar-refractivity contribution is 6.18. The van der Waals surface area contributed by atoms with Crippen molar-refractivity contribution in [1.29, 1.82) is 0 Å².